The second kappa shape index (κ2) is 6.17. The van der Waals surface area contributed by atoms with Gasteiger partial charge in [-0.2, -0.15) is 4.84 Å². The minimum absolute atomic E-state index is 0.113. The van der Waals surface area contributed by atoms with Crippen LogP contribution in [0.3, 0.4) is 0 Å². The normalized spacial score (nSPS) is 12.6. The minimum atomic E-state index is -1.11. The van der Waals surface area contributed by atoms with Crippen LogP contribution in [0.2, 0.25) is 0 Å². The van der Waals surface area contributed by atoms with Crippen molar-refractivity contribution in [2.24, 2.45) is 0 Å². The van der Waals surface area contributed by atoms with Gasteiger partial charge in [0.15, 0.2) is 11.6 Å². The first-order valence-electron chi connectivity index (χ1n) is 5.97. The predicted octanol–water partition coefficient (Wildman–Crippen LogP) is 1.70. The number of benzene rings is 1. The number of carboxylic acid groups (broad SMARTS) is 1. The van der Waals surface area contributed by atoms with Crippen molar-refractivity contribution < 1.29 is 19.8 Å². The lowest BCUT2D eigenvalue weighted by molar-refractivity contribution is -0.861. The molecule has 0 aliphatic rings. The van der Waals surface area contributed by atoms with Crippen molar-refractivity contribution in [1.29, 1.82) is 0 Å². The molecule has 6 heteroatoms. The van der Waals surface area contributed by atoms with Gasteiger partial charge in [0.1, 0.15) is 4.91 Å². The van der Waals surface area contributed by atoms with Gasteiger partial charge in [-0.15, -0.1) is 0 Å². The number of aliphatic carboxylic acids is 1. The van der Waals surface area contributed by atoms with Crippen LogP contribution < -0.4 is 5.43 Å². The molecule has 19 heavy (non-hydrogen) atoms. The van der Waals surface area contributed by atoms with Gasteiger partial charge in [-0.1, -0.05) is 35.8 Å². The highest BCUT2D eigenvalue weighted by Crippen LogP contribution is 2.07. The molecule has 1 rings (SSSR count). The molecule has 0 amide bonds. The average Bonchev–Trinajstić information content (AvgIpc) is 2.26. The van der Waals surface area contributed by atoms with Crippen molar-refractivity contribution in [3.63, 3.8) is 0 Å². The zero-order valence-electron chi connectivity index (χ0n) is 11.3. The monoisotopic (exact) mass is 267 g/mol. The Morgan fingerprint density at radius 2 is 1.95 bits per heavy atom. The second-order valence-corrected chi connectivity index (χ2v) is 5.17. The molecule has 0 fully saturated rings. The van der Waals surface area contributed by atoms with Crippen LogP contribution in [0.5, 0.6) is 0 Å². The van der Waals surface area contributed by atoms with Crippen molar-refractivity contribution in [2.75, 3.05) is 0 Å². The summed E-state index contributed by atoms with van der Waals surface area (Å²) in [6.45, 7) is 5.10. The molecule has 0 saturated carbocycles. The molecule has 1 aromatic rings. The maximum Gasteiger partial charge on any atom is 0.358 e. The molecule has 0 spiro atoms. The van der Waals surface area contributed by atoms with E-state index in [-0.39, 0.29) is 11.5 Å². The molecule has 0 radical (unpaired) electrons. The molecule has 0 aromatic heterocycles. The molecule has 0 saturated heterocycles. The van der Waals surface area contributed by atoms with Crippen molar-refractivity contribution in [3.8, 4) is 0 Å². The summed E-state index contributed by atoms with van der Waals surface area (Å²) in [7, 11) is 0. The third kappa shape index (κ3) is 5.85. The lowest BCUT2D eigenvalue weighted by Gasteiger charge is -2.13. The molecule has 0 bridgehead atoms. The van der Waals surface area contributed by atoms with Gasteiger partial charge in [0, 0.05) is 6.42 Å². The van der Waals surface area contributed by atoms with E-state index in [2.05, 4.69) is 5.43 Å². The summed E-state index contributed by atoms with van der Waals surface area (Å²) in [5, 5.41) is 9.21. The number of hydrogen-bond acceptors (Lipinski definition) is 3. The fourth-order valence-corrected chi connectivity index (χ4v) is 1.44. The van der Waals surface area contributed by atoms with E-state index in [0.717, 1.165) is 5.56 Å². The van der Waals surface area contributed by atoms with E-state index < -0.39 is 17.6 Å². The van der Waals surface area contributed by atoms with E-state index in [9.17, 15) is 9.70 Å². The molecule has 1 aromatic carbocycles. The maximum absolute atomic E-state index is 11.5. The Hall–Kier alpha value is -2.11. The Balaban J connectivity index is 2.64. The highest BCUT2D eigenvalue weighted by Gasteiger charge is 2.30. The van der Waals surface area contributed by atoms with Crippen LogP contribution in [-0.4, -0.2) is 27.8 Å². The number of rotatable bonds is 6. The van der Waals surface area contributed by atoms with E-state index in [1.165, 1.54) is 0 Å². The fraction of sp³-hybridized carbons (Fsp3) is 0.462. The van der Waals surface area contributed by atoms with Crippen LogP contribution in [0.15, 0.2) is 30.3 Å². The molecule has 1 unspecified atom stereocenters. The van der Waals surface area contributed by atoms with Gasteiger partial charge in [0.05, 0.1) is 0 Å². The summed E-state index contributed by atoms with van der Waals surface area (Å²) >= 11 is 0. The van der Waals surface area contributed by atoms with Gasteiger partial charge in [-0.25, -0.2) is 4.79 Å². The number of carbonyl (C=O) groups is 1. The highest BCUT2D eigenvalue weighted by molar-refractivity contribution is 5.73. The summed E-state index contributed by atoms with van der Waals surface area (Å²) in [4.78, 5) is 27.6. The molecule has 2 N–H and O–H groups in total. The molecular formula is C13H19N2O4+. The summed E-state index contributed by atoms with van der Waals surface area (Å²) in [6.07, 6.45) is 0.197. The molecule has 0 aliphatic heterocycles. The Morgan fingerprint density at radius 1 is 1.37 bits per heavy atom. The van der Waals surface area contributed by atoms with Gasteiger partial charge in [0.25, 0.3) is 0 Å². The average molecular weight is 267 g/mol. The van der Waals surface area contributed by atoms with Gasteiger partial charge in [-0.05, 0) is 26.3 Å². The van der Waals surface area contributed by atoms with Crippen LogP contribution in [0, 0.1) is 4.91 Å². The third-order valence-corrected chi connectivity index (χ3v) is 2.20. The minimum Gasteiger partial charge on any atom is -0.480 e. The zero-order chi connectivity index (χ0) is 14.5. The van der Waals surface area contributed by atoms with Crippen LogP contribution in [0.25, 0.3) is 0 Å². The molecule has 6 nitrogen and oxygen atoms in total. The Labute approximate surface area is 111 Å². The largest absolute Gasteiger partial charge is 0.480 e. The number of hydrazine groups is 1. The number of carboxylic acids is 1. The van der Waals surface area contributed by atoms with E-state index in [1.807, 2.05) is 18.2 Å². The van der Waals surface area contributed by atoms with Crippen molar-refractivity contribution in [2.45, 2.75) is 38.8 Å². The molecule has 0 aliphatic carbocycles. The number of hydrogen-bond donors (Lipinski definition) is 2. The van der Waals surface area contributed by atoms with E-state index in [1.54, 1.807) is 32.9 Å². The van der Waals surface area contributed by atoms with E-state index in [4.69, 9.17) is 9.94 Å². The second-order valence-electron chi connectivity index (χ2n) is 5.17. The topological polar surface area (TPSA) is 78.6 Å². The molecular weight excluding hydrogens is 248 g/mol. The van der Waals surface area contributed by atoms with Crippen molar-refractivity contribution in [3.05, 3.63) is 40.8 Å². The molecule has 104 valence electrons. The quantitative estimate of drug-likeness (QED) is 0.767. The Kier molecular flexibility index (Phi) is 4.86. The van der Waals surface area contributed by atoms with Crippen molar-refractivity contribution in [1.82, 2.24) is 5.43 Å². The van der Waals surface area contributed by atoms with Crippen LogP contribution in [0.4, 0.5) is 0 Å². The number of nitrogens with zero attached hydrogens (tertiary/aromatic N) is 1. The lowest BCUT2D eigenvalue weighted by Crippen LogP contribution is -2.46. The lowest BCUT2D eigenvalue weighted by atomic mass is 10.1. The zero-order valence-corrected chi connectivity index (χ0v) is 11.3. The summed E-state index contributed by atoms with van der Waals surface area (Å²) in [5.41, 5.74) is 2.41. The van der Waals surface area contributed by atoms with Crippen LogP contribution >= 0.6 is 0 Å². The smallest absolute Gasteiger partial charge is 0.358 e. The van der Waals surface area contributed by atoms with Gasteiger partial charge < -0.3 is 5.11 Å². The standard InChI is InChI=1S/C13H18N2O4/c1-13(2,3)19-15(18)14-11(12(16)17)9-10-7-5-4-6-8-10/h4-8,11H,9H2,1-3H3,(H-,14,16,17,18)/p+1. The predicted molar refractivity (Wildman–Crippen MR) is 69.2 cm³/mol. The van der Waals surface area contributed by atoms with Gasteiger partial charge in [-0.3, -0.25) is 0 Å². The summed E-state index contributed by atoms with van der Waals surface area (Å²) < 4.78 is 0. The Bertz CT molecular complexity index is 440. The van der Waals surface area contributed by atoms with Gasteiger partial charge in [0.2, 0.25) is 0 Å². The van der Waals surface area contributed by atoms with Crippen molar-refractivity contribution >= 4 is 5.97 Å². The first kappa shape index (κ1) is 14.9. The van der Waals surface area contributed by atoms with E-state index in [0.29, 0.717) is 0 Å². The third-order valence-electron chi connectivity index (χ3n) is 2.20. The molecule has 0 heterocycles. The van der Waals surface area contributed by atoms with Gasteiger partial charge >= 0.3 is 11.0 Å². The SMILES string of the molecule is CC(C)(C)O[N+](=O)NC(Cc1ccccc1)C(=O)O. The first-order chi connectivity index (χ1) is 8.78. The fourth-order valence-electron chi connectivity index (χ4n) is 1.44. The highest BCUT2D eigenvalue weighted by atomic mass is 16.8. The first-order valence-corrected chi connectivity index (χ1v) is 5.97. The Morgan fingerprint density at radius 3 is 2.42 bits per heavy atom. The number of nitrogens with one attached hydrogen (secondary N) is 1. The summed E-state index contributed by atoms with van der Waals surface area (Å²) in [5.74, 6) is -1.11. The summed E-state index contributed by atoms with van der Waals surface area (Å²) in [6, 6.07) is 8.04. The van der Waals surface area contributed by atoms with Crippen LogP contribution in [-0.2, 0) is 16.1 Å². The van der Waals surface area contributed by atoms with Crippen LogP contribution in [0.1, 0.15) is 26.3 Å². The maximum atomic E-state index is 11.5. The molecule has 1 atom stereocenters. The van der Waals surface area contributed by atoms with E-state index >= 15 is 0 Å².